The van der Waals surface area contributed by atoms with Crippen molar-refractivity contribution in [3.8, 4) is 0 Å². The lowest BCUT2D eigenvalue weighted by Gasteiger charge is -2.32. The fourth-order valence-corrected chi connectivity index (χ4v) is 3.12. The van der Waals surface area contributed by atoms with Gasteiger partial charge in [0.1, 0.15) is 0 Å². The molecule has 4 nitrogen and oxygen atoms in total. The molecule has 1 atom stereocenters. The van der Waals surface area contributed by atoms with Gasteiger partial charge in [-0.25, -0.2) is 0 Å². The lowest BCUT2D eigenvalue weighted by atomic mass is 9.98. The van der Waals surface area contributed by atoms with Crippen LogP contribution in [0, 0.1) is 5.92 Å². The molecule has 0 bridgehead atoms. The van der Waals surface area contributed by atoms with Gasteiger partial charge in [0.2, 0.25) is 5.91 Å². The standard InChI is InChI=1S/C18H29N3O/c1-3-21-11-7-10-17(14-21)12-19-18(22)15-20(2)13-16-8-5-4-6-9-16/h4-6,8-9,17H,3,7,10-15H2,1-2H3,(H,19,22)/t17-/m0/s1. The van der Waals surface area contributed by atoms with E-state index in [9.17, 15) is 4.79 Å². The van der Waals surface area contributed by atoms with E-state index in [1.54, 1.807) is 0 Å². The van der Waals surface area contributed by atoms with Gasteiger partial charge >= 0.3 is 0 Å². The van der Waals surface area contributed by atoms with E-state index in [1.807, 2.05) is 25.2 Å². The summed E-state index contributed by atoms with van der Waals surface area (Å²) in [6.45, 7) is 7.73. The maximum Gasteiger partial charge on any atom is 0.234 e. The van der Waals surface area contributed by atoms with Crippen molar-refractivity contribution >= 4 is 5.91 Å². The zero-order valence-corrected chi connectivity index (χ0v) is 13.9. The van der Waals surface area contributed by atoms with Crippen LogP contribution in [0.5, 0.6) is 0 Å². The number of carbonyl (C=O) groups is 1. The summed E-state index contributed by atoms with van der Waals surface area (Å²) in [5.41, 5.74) is 1.24. The second-order valence-electron chi connectivity index (χ2n) is 6.36. The van der Waals surface area contributed by atoms with E-state index in [-0.39, 0.29) is 5.91 Å². The van der Waals surface area contributed by atoms with Crippen LogP contribution in [0.15, 0.2) is 30.3 Å². The molecule has 1 amide bonds. The van der Waals surface area contributed by atoms with Crippen molar-refractivity contribution in [2.75, 3.05) is 39.8 Å². The predicted octanol–water partition coefficient (Wildman–Crippen LogP) is 1.97. The lowest BCUT2D eigenvalue weighted by Crippen LogP contribution is -2.42. The van der Waals surface area contributed by atoms with E-state index in [0.29, 0.717) is 12.5 Å². The molecule has 2 rings (SSSR count). The highest BCUT2D eigenvalue weighted by Gasteiger charge is 2.19. The minimum atomic E-state index is 0.132. The highest BCUT2D eigenvalue weighted by molar-refractivity contribution is 5.77. The van der Waals surface area contributed by atoms with Gasteiger partial charge in [-0.2, -0.15) is 0 Å². The zero-order valence-electron chi connectivity index (χ0n) is 13.9. The van der Waals surface area contributed by atoms with Gasteiger partial charge in [0.15, 0.2) is 0 Å². The Morgan fingerprint density at radius 3 is 2.86 bits per heavy atom. The van der Waals surface area contributed by atoms with E-state index < -0.39 is 0 Å². The molecule has 0 saturated carbocycles. The molecule has 0 unspecified atom stereocenters. The van der Waals surface area contributed by atoms with Crippen LogP contribution in [0.4, 0.5) is 0 Å². The van der Waals surface area contributed by atoms with E-state index in [1.165, 1.54) is 24.9 Å². The number of benzene rings is 1. The molecule has 1 aliphatic rings. The van der Waals surface area contributed by atoms with Gasteiger partial charge in [-0.05, 0) is 44.5 Å². The van der Waals surface area contributed by atoms with Crippen LogP contribution in [-0.4, -0.2) is 55.5 Å². The van der Waals surface area contributed by atoms with Crippen LogP contribution in [0.2, 0.25) is 0 Å². The van der Waals surface area contributed by atoms with Gasteiger partial charge in [-0.1, -0.05) is 37.3 Å². The molecule has 1 N–H and O–H groups in total. The first kappa shape index (κ1) is 17.0. The second kappa shape index (κ2) is 8.91. The monoisotopic (exact) mass is 303 g/mol. The molecule has 122 valence electrons. The summed E-state index contributed by atoms with van der Waals surface area (Å²) in [6.07, 6.45) is 2.49. The van der Waals surface area contributed by atoms with Gasteiger partial charge in [-0.3, -0.25) is 9.69 Å². The number of amides is 1. The molecule has 0 aromatic heterocycles. The highest BCUT2D eigenvalue weighted by atomic mass is 16.2. The van der Waals surface area contributed by atoms with E-state index in [2.05, 4.69) is 34.2 Å². The van der Waals surface area contributed by atoms with Crippen molar-refractivity contribution < 1.29 is 4.79 Å². The van der Waals surface area contributed by atoms with Crippen molar-refractivity contribution in [1.29, 1.82) is 0 Å². The van der Waals surface area contributed by atoms with Gasteiger partial charge < -0.3 is 10.2 Å². The van der Waals surface area contributed by atoms with Gasteiger partial charge in [-0.15, -0.1) is 0 Å². The minimum absolute atomic E-state index is 0.132. The maximum absolute atomic E-state index is 12.1. The topological polar surface area (TPSA) is 35.6 Å². The van der Waals surface area contributed by atoms with Crippen molar-refractivity contribution in [2.24, 2.45) is 5.92 Å². The average molecular weight is 303 g/mol. The fraction of sp³-hybridized carbons (Fsp3) is 0.611. The largest absolute Gasteiger partial charge is 0.355 e. The zero-order chi connectivity index (χ0) is 15.8. The first-order valence-electron chi connectivity index (χ1n) is 8.39. The van der Waals surface area contributed by atoms with Gasteiger partial charge in [0.05, 0.1) is 6.54 Å². The highest BCUT2D eigenvalue weighted by Crippen LogP contribution is 2.15. The molecule has 1 aromatic rings. The Hall–Kier alpha value is -1.39. The number of rotatable bonds is 7. The summed E-state index contributed by atoms with van der Waals surface area (Å²) in [4.78, 5) is 16.6. The predicted molar refractivity (Wildman–Crippen MR) is 90.6 cm³/mol. The Balaban J connectivity index is 1.67. The normalized spacial score (nSPS) is 19.3. The molecule has 4 heteroatoms. The summed E-state index contributed by atoms with van der Waals surface area (Å²) in [5, 5.41) is 3.11. The van der Waals surface area contributed by atoms with Gasteiger partial charge in [0, 0.05) is 19.6 Å². The summed E-state index contributed by atoms with van der Waals surface area (Å²) < 4.78 is 0. The molecule has 1 saturated heterocycles. The van der Waals surface area contributed by atoms with E-state index in [0.717, 1.165) is 26.2 Å². The Kier molecular flexibility index (Phi) is 6.87. The van der Waals surface area contributed by atoms with Crippen molar-refractivity contribution in [2.45, 2.75) is 26.3 Å². The number of nitrogens with one attached hydrogen (secondary N) is 1. The fourth-order valence-electron chi connectivity index (χ4n) is 3.12. The number of nitrogens with zero attached hydrogens (tertiary/aromatic N) is 2. The van der Waals surface area contributed by atoms with Crippen LogP contribution in [0.25, 0.3) is 0 Å². The molecule has 0 spiro atoms. The Bertz CT molecular complexity index is 449. The van der Waals surface area contributed by atoms with E-state index in [4.69, 9.17) is 0 Å². The SMILES string of the molecule is CCN1CCC[C@@H](CNC(=O)CN(C)Cc2ccccc2)C1. The first-order valence-corrected chi connectivity index (χ1v) is 8.39. The number of carbonyl (C=O) groups excluding carboxylic acids is 1. The molecule has 1 heterocycles. The van der Waals surface area contributed by atoms with Crippen LogP contribution >= 0.6 is 0 Å². The molecule has 1 aromatic carbocycles. The van der Waals surface area contributed by atoms with Crippen molar-refractivity contribution in [3.05, 3.63) is 35.9 Å². The molecule has 22 heavy (non-hydrogen) atoms. The summed E-state index contributed by atoms with van der Waals surface area (Å²) in [6, 6.07) is 10.3. The van der Waals surface area contributed by atoms with Crippen molar-refractivity contribution in [3.63, 3.8) is 0 Å². The maximum atomic E-state index is 12.1. The van der Waals surface area contributed by atoms with Gasteiger partial charge in [0.25, 0.3) is 0 Å². The second-order valence-corrected chi connectivity index (χ2v) is 6.36. The number of hydrogen-bond acceptors (Lipinski definition) is 3. The van der Waals surface area contributed by atoms with Crippen molar-refractivity contribution in [1.82, 2.24) is 15.1 Å². The van der Waals surface area contributed by atoms with Crippen LogP contribution in [0.1, 0.15) is 25.3 Å². The quantitative estimate of drug-likeness (QED) is 0.836. The third-order valence-corrected chi connectivity index (χ3v) is 4.35. The lowest BCUT2D eigenvalue weighted by molar-refractivity contribution is -0.122. The molecular formula is C18H29N3O. The number of likely N-dealkylation sites (tertiary alicyclic amines) is 1. The van der Waals surface area contributed by atoms with E-state index >= 15 is 0 Å². The molecule has 1 fully saturated rings. The van der Waals surface area contributed by atoms with Crippen LogP contribution in [0.3, 0.4) is 0 Å². The molecular weight excluding hydrogens is 274 g/mol. The average Bonchev–Trinajstić information content (AvgIpc) is 2.54. The van der Waals surface area contributed by atoms with Crippen LogP contribution < -0.4 is 5.32 Å². The Morgan fingerprint density at radius 2 is 2.14 bits per heavy atom. The first-order chi connectivity index (χ1) is 10.7. The number of hydrogen-bond donors (Lipinski definition) is 1. The van der Waals surface area contributed by atoms with Crippen LogP contribution in [-0.2, 0) is 11.3 Å². The Morgan fingerprint density at radius 1 is 1.36 bits per heavy atom. The number of likely N-dealkylation sites (N-methyl/N-ethyl adjacent to an activating group) is 1. The smallest absolute Gasteiger partial charge is 0.234 e. The third kappa shape index (κ3) is 5.78. The summed E-state index contributed by atoms with van der Waals surface area (Å²) in [5.74, 6) is 0.740. The Labute approximate surface area is 134 Å². The molecule has 0 aliphatic carbocycles. The summed E-state index contributed by atoms with van der Waals surface area (Å²) in [7, 11) is 1.99. The molecule has 0 radical (unpaired) electrons. The molecule has 1 aliphatic heterocycles. The summed E-state index contributed by atoms with van der Waals surface area (Å²) >= 11 is 0. The number of piperidine rings is 1. The third-order valence-electron chi connectivity index (χ3n) is 4.35. The minimum Gasteiger partial charge on any atom is -0.355 e.